The molecule has 0 N–H and O–H groups in total. The van der Waals surface area contributed by atoms with E-state index < -0.39 is 4.92 Å². The van der Waals surface area contributed by atoms with Gasteiger partial charge in [-0.25, -0.2) is 0 Å². The Morgan fingerprint density at radius 1 is 1.41 bits per heavy atom. The van der Waals surface area contributed by atoms with Crippen LogP contribution in [0.3, 0.4) is 0 Å². The maximum atomic E-state index is 10.8. The highest BCUT2D eigenvalue weighted by molar-refractivity contribution is 7.99. The summed E-state index contributed by atoms with van der Waals surface area (Å²) in [6, 6.07) is 7.99. The number of ether oxygens (including phenoxy) is 1. The quantitative estimate of drug-likeness (QED) is 0.179. The van der Waals surface area contributed by atoms with Crippen LogP contribution in [0.2, 0.25) is 0 Å². The van der Waals surface area contributed by atoms with Crippen LogP contribution < -0.4 is 4.74 Å². The minimum absolute atomic E-state index is 0.00556. The number of allylic oxidation sites excluding steroid dienone is 1. The van der Waals surface area contributed by atoms with E-state index in [1.165, 1.54) is 23.9 Å². The van der Waals surface area contributed by atoms with Crippen LogP contribution in [0, 0.1) is 17.0 Å². The predicted octanol–water partition coefficient (Wildman–Crippen LogP) is 4.11. The molecule has 9 heteroatoms. The zero-order chi connectivity index (χ0) is 19.2. The Kier molecular flexibility index (Phi) is 5.92. The molecule has 3 aromatic rings. The molecule has 0 bridgehead atoms. The molecule has 140 valence electrons. The molecule has 27 heavy (non-hydrogen) atoms. The number of rotatable bonds is 9. The lowest BCUT2D eigenvalue weighted by Crippen LogP contribution is -2.04. The molecular formula is C18H18N4O4S. The molecule has 0 aliphatic heterocycles. The molecule has 0 radical (unpaired) electrons. The third-order valence-corrected chi connectivity index (χ3v) is 4.67. The highest BCUT2D eigenvalue weighted by Gasteiger charge is 2.16. The molecular weight excluding hydrogens is 368 g/mol. The van der Waals surface area contributed by atoms with Gasteiger partial charge in [0.05, 0.1) is 29.4 Å². The fraction of sp³-hybridized carbons (Fsp3) is 0.222. The summed E-state index contributed by atoms with van der Waals surface area (Å²) in [5.41, 5.74) is 0.898. The summed E-state index contributed by atoms with van der Waals surface area (Å²) in [6.45, 7) is 6.62. The number of non-ortho nitro benzene ring substituents is 1. The topological polar surface area (TPSA) is 96.2 Å². The highest BCUT2D eigenvalue weighted by Crippen LogP contribution is 2.27. The number of thioether (sulfide) groups is 1. The molecule has 2 aromatic heterocycles. The molecule has 0 aliphatic rings. The van der Waals surface area contributed by atoms with Crippen molar-refractivity contribution in [2.75, 3.05) is 12.4 Å². The first-order valence-corrected chi connectivity index (χ1v) is 9.17. The van der Waals surface area contributed by atoms with E-state index in [1.807, 2.05) is 17.6 Å². The molecule has 0 spiro atoms. The van der Waals surface area contributed by atoms with Gasteiger partial charge in [-0.3, -0.25) is 14.7 Å². The third kappa shape index (κ3) is 4.37. The summed E-state index contributed by atoms with van der Waals surface area (Å²) in [5.74, 6) is 2.58. The SMILES string of the molecule is C=CCn1c(SCCOc2cccc([N+](=O)[O-])c2)nnc1-c1ccoc1C. The lowest BCUT2D eigenvalue weighted by Gasteiger charge is -2.08. The Bertz CT molecular complexity index is 950. The number of nitrogens with zero attached hydrogens (tertiary/aromatic N) is 4. The summed E-state index contributed by atoms with van der Waals surface area (Å²) in [4.78, 5) is 10.4. The number of hydrogen-bond donors (Lipinski definition) is 0. The standard InChI is InChI=1S/C18H18N4O4S/c1-3-8-21-17(16-7-9-25-13(16)2)19-20-18(21)27-11-10-26-15-6-4-5-14(12-15)22(23)24/h3-7,9,12H,1,8,10-11H2,2H3. The molecule has 1 aromatic carbocycles. The van der Waals surface area contributed by atoms with Gasteiger partial charge >= 0.3 is 0 Å². The van der Waals surface area contributed by atoms with Crippen molar-refractivity contribution >= 4 is 17.4 Å². The van der Waals surface area contributed by atoms with Crippen molar-refractivity contribution in [3.8, 4) is 17.1 Å². The van der Waals surface area contributed by atoms with Gasteiger partial charge < -0.3 is 9.15 Å². The third-order valence-electron chi connectivity index (χ3n) is 3.74. The van der Waals surface area contributed by atoms with Gasteiger partial charge in [0.1, 0.15) is 11.5 Å². The number of hydrogen-bond acceptors (Lipinski definition) is 7. The van der Waals surface area contributed by atoms with Crippen molar-refractivity contribution in [3.05, 3.63) is 65.1 Å². The fourth-order valence-corrected chi connectivity index (χ4v) is 3.25. The first-order valence-electron chi connectivity index (χ1n) is 8.18. The Balaban J connectivity index is 1.64. The number of aryl methyl sites for hydroxylation is 1. The van der Waals surface area contributed by atoms with Crippen molar-refractivity contribution in [3.63, 3.8) is 0 Å². The molecule has 2 heterocycles. The molecule has 0 unspecified atom stereocenters. The van der Waals surface area contributed by atoms with E-state index in [9.17, 15) is 10.1 Å². The molecule has 0 saturated carbocycles. The second-order valence-corrected chi connectivity index (χ2v) is 6.61. The summed E-state index contributed by atoms with van der Waals surface area (Å²) in [7, 11) is 0. The van der Waals surface area contributed by atoms with E-state index in [4.69, 9.17) is 9.15 Å². The first kappa shape index (κ1) is 18.7. The number of aromatic nitrogens is 3. The summed E-state index contributed by atoms with van der Waals surface area (Å²) >= 11 is 1.49. The number of nitro groups is 1. The maximum absolute atomic E-state index is 10.8. The van der Waals surface area contributed by atoms with Crippen LogP contribution in [0.1, 0.15) is 5.76 Å². The molecule has 8 nitrogen and oxygen atoms in total. The molecule has 0 amide bonds. The van der Waals surface area contributed by atoms with Gasteiger partial charge in [-0.1, -0.05) is 23.9 Å². The summed E-state index contributed by atoms with van der Waals surface area (Å²) in [5, 5.41) is 20.1. The van der Waals surface area contributed by atoms with Crippen LogP contribution in [0.15, 0.2) is 58.8 Å². The molecule has 0 fully saturated rings. The Hall–Kier alpha value is -3.07. The fourth-order valence-electron chi connectivity index (χ4n) is 2.48. The lowest BCUT2D eigenvalue weighted by molar-refractivity contribution is -0.384. The molecule has 0 saturated heterocycles. The second kappa shape index (κ2) is 8.54. The predicted molar refractivity (Wildman–Crippen MR) is 102 cm³/mol. The van der Waals surface area contributed by atoms with Gasteiger partial charge in [0.2, 0.25) is 0 Å². The highest BCUT2D eigenvalue weighted by atomic mass is 32.2. The van der Waals surface area contributed by atoms with Crippen molar-refractivity contribution in [2.45, 2.75) is 18.6 Å². The average molecular weight is 386 g/mol. The molecule has 0 atom stereocenters. The van der Waals surface area contributed by atoms with Crippen LogP contribution in [0.4, 0.5) is 5.69 Å². The van der Waals surface area contributed by atoms with Crippen LogP contribution in [0.25, 0.3) is 11.4 Å². The number of nitro benzene ring substituents is 1. The minimum Gasteiger partial charge on any atom is -0.492 e. The lowest BCUT2D eigenvalue weighted by atomic mass is 10.2. The first-order chi connectivity index (χ1) is 13.1. The van der Waals surface area contributed by atoms with Gasteiger partial charge in [0.25, 0.3) is 5.69 Å². The van der Waals surface area contributed by atoms with Crippen LogP contribution in [-0.2, 0) is 6.54 Å². The summed E-state index contributed by atoms with van der Waals surface area (Å²) < 4.78 is 12.9. The van der Waals surface area contributed by atoms with Gasteiger partial charge in [-0.2, -0.15) is 0 Å². The van der Waals surface area contributed by atoms with E-state index >= 15 is 0 Å². The average Bonchev–Trinajstić information content (AvgIpc) is 3.25. The van der Waals surface area contributed by atoms with Crippen LogP contribution in [-0.4, -0.2) is 32.0 Å². The van der Waals surface area contributed by atoms with E-state index in [-0.39, 0.29) is 5.69 Å². The van der Waals surface area contributed by atoms with Gasteiger partial charge in [-0.05, 0) is 19.1 Å². The van der Waals surface area contributed by atoms with E-state index in [0.29, 0.717) is 24.7 Å². The number of furan rings is 1. The van der Waals surface area contributed by atoms with Gasteiger partial charge in [0, 0.05) is 18.4 Å². The summed E-state index contributed by atoms with van der Waals surface area (Å²) in [6.07, 6.45) is 3.41. The second-order valence-electron chi connectivity index (χ2n) is 5.55. The van der Waals surface area contributed by atoms with Crippen molar-refractivity contribution in [1.82, 2.24) is 14.8 Å². The smallest absolute Gasteiger partial charge is 0.273 e. The van der Waals surface area contributed by atoms with Gasteiger partial charge in [-0.15, -0.1) is 16.8 Å². The normalized spacial score (nSPS) is 10.7. The zero-order valence-corrected chi connectivity index (χ0v) is 15.5. The van der Waals surface area contributed by atoms with Crippen LogP contribution in [0.5, 0.6) is 5.75 Å². The largest absolute Gasteiger partial charge is 0.492 e. The molecule has 3 rings (SSSR count). The van der Waals surface area contributed by atoms with Crippen LogP contribution >= 0.6 is 11.8 Å². The van der Waals surface area contributed by atoms with E-state index in [1.54, 1.807) is 24.5 Å². The van der Waals surface area contributed by atoms with Crippen molar-refractivity contribution < 1.29 is 14.1 Å². The number of benzene rings is 1. The van der Waals surface area contributed by atoms with Crippen molar-refractivity contribution in [2.24, 2.45) is 0 Å². The zero-order valence-electron chi connectivity index (χ0n) is 14.7. The maximum Gasteiger partial charge on any atom is 0.273 e. The van der Waals surface area contributed by atoms with E-state index in [0.717, 1.165) is 22.3 Å². The van der Waals surface area contributed by atoms with Crippen molar-refractivity contribution in [1.29, 1.82) is 0 Å². The van der Waals surface area contributed by atoms with E-state index in [2.05, 4.69) is 16.8 Å². The Morgan fingerprint density at radius 3 is 2.96 bits per heavy atom. The Morgan fingerprint density at radius 2 is 2.26 bits per heavy atom. The molecule has 0 aliphatic carbocycles. The monoisotopic (exact) mass is 386 g/mol. The Labute approximate surface area is 160 Å². The minimum atomic E-state index is -0.446. The van der Waals surface area contributed by atoms with Gasteiger partial charge in [0.15, 0.2) is 11.0 Å².